The number of esters is 1. The Bertz CT molecular complexity index is 974. The molecule has 1 aliphatic heterocycles. The molecular weight excluding hydrogens is 392 g/mol. The van der Waals surface area contributed by atoms with E-state index in [4.69, 9.17) is 4.74 Å². The minimum absolute atomic E-state index is 0.161. The predicted octanol–water partition coefficient (Wildman–Crippen LogP) is 2.82. The Morgan fingerprint density at radius 1 is 1.34 bits per heavy atom. The topological polar surface area (TPSA) is 113 Å². The van der Waals surface area contributed by atoms with Gasteiger partial charge >= 0.3 is 5.97 Å². The minimum atomic E-state index is -0.581. The number of hydrogen-bond acceptors (Lipinski definition) is 7. The summed E-state index contributed by atoms with van der Waals surface area (Å²) in [4.78, 5) is 44.9. The first kappa shape index (κ1) is 21.0. The fourth-order valence-corrected chi connectivity index (χ4v) is 4.00. The van der Waals surface area contributed by atoms with Gasteiger partial charge in [0.15, 0.2) is 0 Å². The maximum Gasteiger partial charge on any atom is 0.348 e. The Morgan fingerprint density at radius 3 is 2.79 bits per heavy atom. The molecule has 0 saturated carbocycles. The quantitative estimate of drug-likeness (QED) is 0.644. The number of nitrogens with zero attached hydrogens (tertiary/aromatic N) is 1. The molecule has 0 radical (unpaired) electrons. The lowest BCUT2D eigenvalue weighted by Gasteiger charge is -2.25. The fourth-order valence-electron chi connectivity index (χ4n) is 3.06. The van der Waals surface area contributed by atoms with E-state index >= 15 is 0 Å². The van der Waals surface area contributed by atoms with Crippen LogP contribution in [0, 0.1) is 11.3 Å². The lowest BCUT2D eigenvalue weighted by atomic mass is 9.92. The Labute approximate surface area is 173 Å². The summed E-state index contributed by atoms with van der Waals surface area (Å²) in [6.45, 7) is 6.08. The number of hydrogen-bond donors (Lipinski definition) is 3. The summed E-state index contributed by atoms with van der Waals surface area (Å²) in [5.74, 6) is 0.439. The third kappa shape index (κ3) is 5.03. The second-order valence-corrected chi connectivity index (χ2v) is 9.36. The molecule has 2 aromatic rings. The van der Waals surface area contributed by atoms with Crippen LogP contribution in [0.5, 0.6) is 0 Å². The summed E-state index contributed by atoms with van der Waals surface area (Å²) < 4.78 is 4.74. The number of anilines is 2. The van der Waals surface area contributed by atoms with Crippen molar-refractivity contribution in [1.82, 2.24) is 9.97 Å². The molecule has 1 unspecified atom stereocenters. The number of aromatic amines is 1. The van der Waals surface area contributed by atoms with Crippen LogP contribution in [-0.4, -0.2) is 35.5 Å². The van der Waals surface area contributed by atoms with Crippen molar-refractivity contribution in [2.24, 2.45) is 11.3 Å². The van der Waals surface area contributed by atoms with Gasteiger partial charge in [-0.2, -0.15) is 4.98 Å². The van der Waals surface area contributed by atoms with Gasteiger partial charge in [0.05, 0.1) is 12.7 Å². The van der Waals surface area contributed by atoms with Gasteiger partial charge in [-0.3, -0.25) is 19.9 Å². The number of carbonyl (C=O) groups is 2. The zero-order valence-corrected chi connectivity index (χ0v) is 17.9. The molecule has 1 atom stereocenters. The number of amides is 1. The van der Waals surface area contributed by atoms with Crippen molar-refractivity contribution >= 4 is 35.0 Å². The standard InChI is InChI=1S/C20H26N4O4S/c1-20(2,3)18(27)24-19-22-15-13(16(25)23-19)9-11(10-21-15)5-6-12-7-8-14(29-12)17(26)28-4/h7-8,11H,5-6,9-10H2,1-4H3,(H3,21,22,23,24,25,27). The molecular formula is C20H26N4O4S. The van der Waals surface area contributed by atoms with Crippen LogP contribution in [-0.2, 0) is 22.4 Å². The number of rotatable bonds is 5. The van der Waals surface area contributed by atoms with Crippen LogP contribution in [0.2, 0.25) is 0 Å². The SMILES string of the molecule is COC(=O)c1ccc(CCC2CNc3nc(NC(=O)C(C)(C)C)[nH]c(=O)c3C2)s1. The summed E-state index contributed by atoms with van der Waals surface area (Å²) in [7, 11) is 1.37. The smallest absolute Gasteiger partial charge is 0.348 e. The number of methoxy groups -OCH3 is 1. The highest BCUT2D eigenvalue weighted by Gasteiger charge is 2.25. The number of nitrogens with one attached hydrogen (secondary N) is 3. The third-order valence-corrected chi connectivity index (χ3v) is 5.95. The summed E-state index contributed by atoms with van der Waals surface area (Å²) in [5, 5.41) is 5.89. The largest absolute Gasteiger partial charge is 0.465 e. The molecule has 0 aliphatic carbocycles. The van der Waals surface area contributed by atoms with Crippen molar-refractivity contribution in [2.45, 2.75) is 40.0 Å². The van der Waals surface area contributed by atoms with Crippen molar-refractivity contribution in [2.75, 3.05) is 24.3 Å². The Hall–Kier alpha value is -2.68. The highest BCUT2D eigenvalue weighted by molar-refractivity contribution is 7.13. The van der Waals surface area contributed by atoms with E-state index in [1.165, 1.54) is 18.4 Å². The second kappa shape index (κ2) is 8.36. The van der Waals surface area contributed by atoms with E-state index in [0.717, 1.165) is 17.7 Å². The lowest BCUT2D eigenvalue weighted by molar-refractivity contribution is -0.123. The molecule has 3 rings (SSSR count). The van der Waals surface area contributed by atoms with Gasteiger partial charge in [0, 0.05) is 16.8 Å². The van der Waals surface area contributed by atoms with E-state index in [1.54, 1.807) is 26.8 Å². The van der Waals surface area contributed by atoms with Crippen molar-refractivity contribution in [1.29, 1.82) is 0 Å². The summed E-state index contributed by atoms with van der Waals surface area (Å²) in [5.41, 5.74) is -0.209. The van der Waals surface area contributed by atoms with Gasteiger partial charge in [-0.05, 0) is 37.3 Å². The van der Waals surface area contributed by atoms with Gasteiger partial charge in [0.2, 0.25) is 11.9 Å². The van der Waals surface area contributed by atoms with Crippen LogP contribution in [0.15, 0.2) is 16.9 Å². The molecule has 0 aromatic carbocycles. The maximum atomic E-state index is 12.5. The molecule has 0 fully saturated rings. The Morgan fingerprint density at radius 2 is 2.10 bits per heavy atom. The van der Waals surface area contributed by atoms with Crippen LogP contribution < -0.4 is 16.2 Å². The monoisotopic (exact) mass is 418 g/mol. The van der Waals surface area contributed by atoms with E-state index in [-0.39, 0.29) is 29.3 Å². The van der Waals surface area contributed by atoms with Gasteiger partial charge in [-0.15, -0.1) is 11.3 Å². The van der Waals surface area contributed by atoms with Crippen LogP contribution in [0.3, 0.4) is 0 Å². The van der Waals surface area contributed by atoms with Gasteiger partial charge in [-0.25, -0.2) is 4.79 Å². The molecule has 156 valence electrons. The van der Waals surface area contributed by atoms with Gasteiger partial charge in [-0.1, -0.05) is 20.8 Å². The number of H-pyrrole nitrogens is 1. The molecule has 8 nitrogen and oxygen atoms in total. The molecule has 1 aliphatic rings. The van der Waals surface area contributed by atoms with Crippen molar-refractivity contribution in [3.8, 4) is 0 Å². The first-order chi connectivity index (χ1) is 13.7. The van der Waals surface area contributed by atoms with Crippen LogP contribution >= 0.6 is 11.3 Å². The van der Waals surface area contributed by atoms with E-state index in [9.17, 15) is 14.4 Å². The molecule has 0 bridgehead atoms. The molecule has 2 aromatic heterocycles. The van der Waals surface area contributed by atoms with Crippen molar-refractivity contribution in [3.63, 3.8) is 0 Å². The lowest BCUT2D eigenvalue weighted by Crippen LogP contribution is -2.33. The summed E-state index contributed by atoms with van der Waals surface area (Å²) in [6, 6.07) is 3.72. The zero-order valence-electron chi connectivity index (χ0n) is 17.0. The highest BCUT2D eigenvalue weighted by atomic mass is 32.1. The first-order valence-electron chi connectivity index (χ1n) is 9.53. The fraction of sp³-hybridized carbons (Fsp3) is 0.500. The predicted molar refractivity (Wildman–Crippen MR) is 113 cm³/mol. The number of aryl methyl sites for hydroxylation is 1. The number of aromatic nitrogens is 2. The summed E-state index contributed by atoms with van der Waals surface area (Å²) in [6.07, 6.45) is 2.33. The van der Waals surface area contributed by atoms with E-state index in [0.29, 0.717) is 29.2 Å². The van der Waals surface area contributed by atoms with Crippen LogP contribution in [0.4, 0.5) is 11.8 Å². The second-order valence-electron chi connectivity index (χ2n) is 8.19. The van der Waals surface area contributed by atoms with E-state index in [1.807, 2.05) is 6.07 Å². The minimum Gasteiger partial charge on any atom is -0.465 e. The maximum absolute atomic E-state index is 12.5. The van der Waals surface area contributed by atoms with Crippen LogP contribution in [0.25, 0.3) is 0 Å². The Balaban J connectivity index is 1.63. The zero-order chi connectivity index (χ0) is 21.2. The molecule has 0 saturated heterocycles. The Kier molecular flexibility index (Phi) is 6.07. The molecule has 3 heterocycles. The van der Waals surface area contributed by atoms with Gasteiger partial charge < -0.3 is 10.1 Å². The van der Waals surface area contributed by atoms with Gasteiger partial charge in [0.1, 0.15) is 10.7 Å². The molecule has 1 amide bonds. The normalized spacial score (nSPS) is 15.9. The molecule has 29 heavy (non-hydrogen) atoms. The molecule has 9 heteroatoms. The van der Waals surface area contributed by atoms with Crippen molar-refractivity contribution < 1.29 is 14.3 Å². The van der Waals surface area contributed by atoms with E-state index in [2.05, 4.69) is 20.6 Å². The average molecular weight is 419 g/mol. The number of thiophene rings is 1. The first-order valence-corrected chi connectivity index (χ1v) is 10.3. The van der Waals surface area contributed by atoms with Crippen LogP contribution in [0.1, 0.15) is 47.3 Å². The van der Waals surface area contributed by atoms with Crippen molar-refractivity contribution in [3.05, 3.63) is 37.8 Å². The summed E-state index contributed by atoms with van der Waals surface area (Å²) >= 11 is 1.44. The van der Waals surface area contributed by atoms with Gasteiger partial charge in [0.25, 0.3) is 5.56 Å². The number of fused-ring (bicyclic) bond motifs is 1. The average Bonchev–Trinajstić information content (AvgIpc) is 3.14. The molecule has 3 N–H and O–H groups in total. The third-order valence-electron chi connectivity index (χ3n) is 4.83. The van der Waals surface area contributed by atoms with E-state index < -0.39 is 5.41 Å². The molecule has 0 spiro atoms. The number of ether oxygens (including phenoxy) is 1. The number of carbonyl (C=O) groups excluding carboxylic acids is 2. The highest BCUT2D eigenvalue weighted by Crippen LogP contribution is 2.26.